The Morgan fingerprint density at radius 2 is 2.28 bits per heavy atom. The summed E-state index contributed by atoms with van der Waals surface area (Å²) in [7, 11) is 1.56. The molecule has 18 heavy (non-hydrogen) atoms. The average molecular weight is 248 g/mol. The van der Waals surface area contributed by atoms with Crippen LogP contribution in [0.1, 0.15) is 22.5 Å². The summed E-state index contributed by atoms with van der Waals surface area (Å²) in [6.45, 7) is 0.767. The molecule has 96 valence electrons. The predicted octanol–water partition coefficient (Wildman–Crippen LogP) is -0.285. The van der Waals surface area contributed by atoms with Gasteiger partial charge in [-0.1, -0.05) is 12.1 Å². The van der Waals surface area contributed by atoms with Crippen LogP contribution in [0.15, 0.2) is 18.2 Å². The van der Waals surface area contributed by atoms with Gasteiger partial charge in [0.25, 0.3) is 0 Å². The van der Waals surface area contributed by atoms with E-state index in [0.717, 1.165) is 23.9 Å². The molecule has 5 nitrogen and oxygen atoms in total. The van der Waals surface area contributed by atoms with Gasteiger partial charge in [0.05, 0.1) is 30.8 Å². The minimum absolute atomic E-state index is 0.142. The standard InChI is InChI=1S/C13H16N2O3/c1-18-10-6-2-4-8-9(5-3-7-14)12(13(16)17)15-11(8)10/h2,4,6,15H,3,5,7,14H2,1H3,(H,16,17). The first kappa shape index (κ1) is 12.4. The number of nitrogens with one attached hydrogen (secondary N) is 1. The Balaban J connectivity index is 2.63. The van der Waals surface area contributed by atoms with Crippen LogP contribution in [0.25, 0.3) is 10.9 Å². The molecule has 0 atom stereocenters. The Kier molecular flexibility index (Phi) is 3.53. The fourth-order valence-corrected chi connectivity index (χ4v) is 2.15. The van der Waals surface area contributed by atoms with Crippen LogP contribution in [-0.2, 0) is 6.42 Å². The monoisotopic (exact) mass is 248 g/mol. The highest BCUT2D eigenvalue weighted by Gasteiger charge is 2.14. The molecule has 0 saturated heterocycles. The number of aromatic nitrogens is 1. The third-order valence-corrected chi connectivity index (χ3v) is 3.00. The Morgan fingerprint density at radius 3 is 2.89 bits per heavy atom. The molecule has 0 spiro atoms. The molecule has 0 bridgehead atoms. The van der Waals surface area contributed by atoms with E-state index in [2.05, 4.69) is 10.7 Å². The van der Waals surface area contributed by atoms with Crippen molar-refractivity contribution in [2.45, 2.75) is 12.8 Å². The average Bonchev–Trinajstić information content (AvgIpc) is 2.75. The second-order valence-corrected chi connectivity index (χ2v) is 4.11. The number of carbonyl (C=O) groups excluding carboxylic acids is 1. The maximum absolute atomic E-state index is 11.2. The number of hydrogen-bond donors (Lipinski definition) is 2. The zero-order valence-corrected chi connectivity index (χ0v) is 10.3. The third kappa shape index (κ3) is 2.04. The number of H-pyrrole nitrogens is 1. The molecule has 0 saturated carbocycles. The Hall–Kier alpha value is -2.01. The van der Waals surface area contributed by atoms with Crippen molar-refractivity contribution in [3.05, 3.63) is 29.5 Å². The fraction of sp³-hybridized carbons (Fsp3) is 0.308. The molecule has 0 aliphatic rings. The van der Waals surface area contributed by atoms with E-state index in [0.29, 0.717) is 17.7 Å². The van der Waals surface area contributed by atoms with Gasteiger partial charge in [0.2, 0.25) is 0 Å². The molecule has 2 rings (SSSR count). The molecule has 1 heterocycles. The zero-order chi connectivity index (χ0) is 13.1. The number of aryl methyl sites for hydroxylation is 1. The highest BCUT2D eigenvalue weighted by atomic mass is 16.5. The van der Waals surface area contributed by atoms with Crippen LogP contribution in [-0.4, -0.2) is 24.6 Å². The number of carbonyl (C=O) groups is 1. The van der Waals surface area contributed by atoms with Gasteiger partial charge >= 0.3 is 0 Å². The van der Waals surface area contributed by atoms with Crippen molar-refractivity contribution in [3.63, 3.8) is 0 Å². The van der Waals surface area contributed by atoms with Gasteiger partial charge in [-0.15, -0.1) is 0 Å². The van der Waals surface area contributed by atoms with Crippen LogP contribution < -0.4 is 15.6 Å². The number of hydrogen-bond acceptors (Lipinski definition) is 3. The minimum atomic E-state index is -1.19. The van der Waals surface area contributed by atoms with Gasteiger partial charge in [-0.3, -0.25) is 0 Å². The molecule has 4 N–H and O–H groups in total. The quantitative estimate of drug-likeness (QED) is 0.761. The molecule has 0 fully saturated rings. The highest BCUT2D eigenvalue weighted by molar-refractivity contribution is 5.98. The van der Waals surface area contributed by atoms with Crippen molar-refractivity contribution in [3.8, 4) is 5.75 Å². The molecule has 5 heteroatoms. The normalized spacial score (nSPS) is 10.8. The van der Waals surface area contributed by atoms with Crippen LogP contribution in [0.3, 0.4) is 0 Å². The van der Waals surface area contributed by atoms with Gasteiger partial charge < -0.3 is 25.4 Å². The lowest BCUT2D eigenvalue weighted by Gasteiger charge is -2.03. The van der Waals surface area contributed by atoms with E-state index in [1.54, 1.807) is 13.2 Å². The molecular weight excluding hydrogens is 232 g/mol. The van der Waals surface area contributed by atoms with Crippen LogP contribution in [0.5, 0.6) is 5.75 Å². The molecule has 0 amide bonds. The van der Waals surface area contributed by atoms with Gasteiger partial charge in [-0.25, -0.2) is 0 Å². The minimum Gasteiger partial charge on any atom is -0.543 e. The number of aromatic amines is 1. The van der Waals surface area contributed by atoms with Crippen LogP contribution in [0, 0.1) is 0 Å². The zero-order valence-electron chi connectivity index (χ0n) is 10.3. The molecule has 0 unspecified atom stereocenters. The van der Waals surface area contributed by atoms with Crippen LogP contribution >= 0.6 is 0 Å². The predicted molar refractivity (Wildman–Crippen MR) is 65.3 cm³/mol. The molecular formula is C13H16N2O3. The number of rotatable bonds is 5. The van der Waals surface area contributed by atoms with Crippen molar-refractivity contribution in [1.82, 2.24) is 4.98 Å². The largest absolute Gasteiger partial charge is 0.543 e. The summed E-state index contributed by atoms with van der Waals surface area (Å²) in [5, 5.41) is 12.0. The van der Waals surface area contributed by atoms with E-state index in [1.807, 2.05) is 12.1 Å². The molecule has 1 aromatic carbocycles. The van der Waals surface area contributed by atoms with Crippen molar-refractivity contribution >= 4 is 16.9 Å². The first-order valence-corrected chi connectivity index (χ1v) is 5.87. The maximum Gasteiger partial charge on any atom is 0.142 e. The van der Waals surface area contributed by atoms with Crippen LogP contribution in [0.4, 0.5) is 0 Å². The number of ether oxygens (including phenoxy) is 1. The van der Waals surface area contributed by atoms with Gasteiger partial charge in [-0.05, 0) is 18.1 Å². The number of carboxylic acids is 1. The second kappa shape index (κ2) is 5.10. The number of quaternary nitrogens is 1. The van der Waals surface area contributed by atoms with E-state index in [-0.39, 0.29) is 5.69 Å². The Morgan fingerprint density at radius 1 is 1.50 bits per heavy atom. The number of aromatic carboxylic acids is 1. The number of benzene rings is 1. The van der Waals surface area contributed by atoms with E-state index < -0.39 is 5.97 Å². The summed E-state index contributed by atoms with van der Waals surface area (Å²) in [6, 6.07) is 5.53. The van der Waals surface area contributed by atoms with Crippen molar-refractivity contribution < 1.29 is 20.4 Å². The lowest BCUT2D eigenvalue weighted by Crippen LogP contribution is -2.50. The fourth-order valence-electron chi connectivity index (χ4n) is 2.15. The smallest absolute Gasteiger partial charge is 0.142 e. The summed E-state index contributed by atoms with van der Waals surface area (Å²) in [6.07, 6.45) is 1.50. The first-order chi connectivity index (χ1) is 8.69. The van der Waals surface area contributed by atoms with Crippen molar-refractivity contribution in [1.29, 1.82) is 0 Å². The number of carboxylic acid groups (broad SMARTS) is 1. The SMILES string of the molecule is COc1cccc2c(CCC[NH3+])c(C(=O)[O-])[nH]c12. The summed E-state index contributed by atoms with van der Waals surface area (Å²) < 4.78 is 5.22. The van der Waals surface area contributed by atoms with Crippen LogP contribution in [0.2, 0.25) is 0 Å². The molecule has 0 aliphatic carbocycles. The Labute approximate surface area is 105 Å². The first-order valence-electron chi connectivity index (χ1n) is 5.87. The third-order valence-electron chi connectivity index (χ3n) is 3.00. The summed E-state index contributed by atoms with van der Waals surface area (Å²) >= 11 is 0. The summed E-state index contributed by atoms with van der Waals surface area (Å²) in [5.74, 6) is -0.553. The van der Waals surface area contributed by atoms with E-state index in [1.165, 1.54) is 0 Å². The van der Waals surface area contributed by atoms with Gasteiger partial charge in [0.15, 0.2) is 0 Å². The molecule has 0 aliphatic heterocycles. The van der Waals surface area contributed by atoms with Gasteiger partial charge in [0.1, 0.15) is 5.75 Å². The van der Waals surface area contributed by atoms with Gasteiger partial charge in [0, 0.05) is 11.8 Å². The van der Waals surface area contributed by atoms with E-state index >= 15 is 0 Å². The lowest BCUT2D eigenvalue weighted by atomic mass is 10.1. The highest BCUT2D eigenvalue weighted by Crippen LogP contribution is 2.30. The van der Waals surface area contributed by atoms with Crippen molar-refractivity contribution in [2.24, 2.45) is 0 Å². The number of fused-ring (bicyclic) bond motifs is 1. The second-order valence-electron chi connectivity index (χ2n) is 4.11. The van der Waals surface area contributed by atoms with Crippen molar-refractivity contribution in [2.75, 3.05) is 13.7 Å². The maximum atomic E-state index is 11.2. The van der Waals surface area contributed by atoms with E-state index in [9.17, 15) is 9.90 Å². The lowest BCUT2D eigenvalue weighted by molar-refractivity contribution is -0.368. The molecule has 2 aromatic rings. The summed E-state index contributed by atoms with van der Waals surface area (Å²) in [5.41, 5.74) is 5.39. The van der Waals surface area contributed by atoms with Gasteiger partial charge in [-0.2, -0.15) is 0 Å². The Bertz CT molecular complexity index is 575. The molecule has 1 aromatic heterocycles. The number of methoxy groups -OCH3 is 1. The summed E-state index contributed by atoms with van der Waals surface area (Å²) in [4.78, 5) is 14.0. The molecule has 0 radical (unpaired) electrons. The topological polar surface area (TPSA) is 92.8 Å². The number of para-hydroxylation sites is 1. The van der Waals surface area contributed by atoms with E-state index in [4.69, 9.17) is 4.74 Å².